The maximum absolute atomic E-state index is 13.9. The van der Waals surface area contributed by atoms with Crippen molar-refractivity contribution in [1.29, 1.82) is 5.26 Å². The number of hydrogen-bond donors (Lipinski definition) is 0. The molecule has 2 aromatic rings. The smallest absolute Gasteiger partial charge is 0.181 e. The molecule has 0 aromatic heterocycles. The number of benzene rings is 2. The van der Waals surface area contributed by atoms with Crippen LogP contribution >= 0.6 is 31.9 Å². The van der Waals surface area contributed by atoms with Crippen LogP contribution in [0.4, 0.5) is 8.78 Å². The van der Waals surface area contributed by atoms with Crippen LogP contribution in [0.3, 0.4) is 0 Å². The summed E-state index contributed by atoms with van der Waals surface area (Å²) in [6, 6.07) is 8.66. The van der Waals surface area contributed by atoms with Crippen molar-refractivity contribution in [2.24, 2.45) is 0 Å². The average Bonchev–Trinajstić information content (AvgIpc) is 2.40. The second-order valence-electron chi connectivity index (χ2n) is 3.53. The summed E-state index contributed by atoms with van der Waals surface area (Å²) in [7, 11) is 0. The molecule has 0 aliphatic rings. The third-order valence-corrected chi connectivity index (χ3v) is 3.70. The number of ether oxygens (including phenoxy) is 1. The molecule has 0 radical (unpaired) electrons. The molecule has 19 heavy (non-hydrogen) atoms. The highest BCUT2D eigenvalue weighted by molar-refractivity contribution is 9.10. The van der Waals surface area contributed by atoms with Crippen LogP contribution in [-0.2, 0) is 0 Å². The molecule has 96 valence electrons. The lowest BCUT2D eigenvalue weighted by Gasteiger charge is -2.09. The number of rotatable bonds is 2. The van der Waals surface area contributed by atoms with Gasteiger partial charge in [-0.25, -0.2) is 8.78 Å². The molecule has 0 saturated carbocycles. The van der Waals surface area contributed by atoms with Gasteiger partial charge in [0.05, 0.1) is 14.5 Å². The number of hydrogen-bond acceptors (Lipinski definition) is 2. The first-order valence-corrected chi connectivity index (χ1v) is 6.62. The molecule has 0 amide bonds. The van der Waals surface area contributed by atoms with E-state index < -0.39 is 11.6 Å². The number of halogens is 4. The standard InChI is InChI=1S/C13H5Br2F2NO/c14-9-3-2-8(5-10(9)16)19-11-4-1-7(6-18)12(15)13(11)17/h1-5H. The minimum Gasteiger partial charge on any atom is -0.454 e. The van der Waals surface area contributed by atoms with Gasteiger partial charge in [0, 0.05) is 6.07 Å². The maximum Gasteiger partial charge on any atom is 0.181 e. The van der Waals surface area contributed by atoms with E-state index in [1.165, 1.54) is 24.3 Å². The van der Waals surface area contributed by atoms with Crippen molar-refractivity contribution in [3.8, 4) is 17.6 Å². The van der Waals surface area contributed by atoms with Gasteiger partial charge < -0.3 is 4.74 Å². The summed E-state index contributed by atoms with van der Waals surface area (Å²) >= 11 is 5.98. The van der Waals surface area contributed by atoms with Gasteiger partial charge in [0.15, 0.2) is 11.6 Å². The Labute approximate surface area is 124 Å². The Morgan fingerprint density at radius 3 is 2.47 bits per heavy atom. The fourth-order valence-electron chi connectivity index (χ4n) is 1.36. The fourth-order valence-corrected chi connectivity index (χ4v) is 2.03. The van der Waals surface area contributed by atoms with Crippen LogP contribution in [0.5, 0.6) is 11.5 Å². The molecule has 0 bridgehead atoms. The third-order valence-electron chi connectivity index (χ3n) is 2.29. The van der Waals surface area contributed by atoms with E-state index in [4.69, 9.17) is 10.00 Å². The lowest BCUT2D eigenvalue weighted by atomic mass is 10.2. The topological polar surface area (TPSA) is 33.0 Å². The van der Waals surface area contributed by atoms with E-state index in [1.54, 1.807) is 0 Å². The van der Waals surface area contributed by atoms with Crippen LogP contribution in [0.15, 0.2) is 39.3 Å². The van der Waals surface area contributed by atoms with E-state index in [-0.39, 0.29) is 21.5 Å². The molecule has 6 heteroatoms. The quantitative estimate of drug-likeness (QED) is 0.712. The summed E-state index contributed by atoms with van der Waals surface area (Å²) in [6.45, 7) is 0. The van der Waals surface area contributed by atoms with E-state index in [9.17, 15) is 8.78 Å². The zero-order valence-electron chi connectivity index (χ0n) is 9.25. The van der Waals surface area contributed by atoms with E-state index in [2.05, 4.69) is 31.9 Å². The summed E-state index contributed by atoms with van der Waals surface area (Å²) in [5, 5.41) is 8.75. The first-order valence-electron chi connectivity index (χ1n) is 5.04. The summed E-state index contributed by atoms with van der Waals surface area (Å²) in [5.41, 5.74) is 0.159. The van der Waals surface area contributed by atoms with Gasteiger partial charge in [-0.2, -0.15) is 5.26 Å². The second-order valence-corrected chi connectivity index (χ2v) is 5.18. The van der Waals surface area contributed by atoms with Gasteiger partial charge in [0.1, 0.15) is 17.6 Å². The highest BCUT2D eigenvalue weighted by atomic mass is 79.9. The molecule has 0 aliphatic heterocycles. The predicted molar refractivity (Wildman–Crippen MR) is 73.0 cm³/mol. The van der Waals surface area contributed by atoms with Crippen molar-refractivity contribution in [2.75, 3.05) is 0 Å². The lowest BCUT2D eigenvalue weighted by Crippen LogP contribution is -1.92. The van der Waals surface area contributed by atoms with E-state index >= 15 is 0 Å². The van der Waals surface area contributed by atoms with Crippen molar-refractivity contribution in [3.63, 3.8) is 0 Å². The average molecular weight is 389 g/mol. The van der Waals surface area contributed by atoms with Gasteiger partial charge in [-0.1, -0.05) is 0 Å². The zero-order valence-corrected chi connectivity index (χ0v) is 12.4. The molecule has 0 N–H and O–H groups in total. The van der Waals surface area contributed by atoms with Crippen LogP contribution in [0.2, 0.25) is 0 Å². The second kappa shape index (κ2) is 5.68. The van der Waals surface area contributed by atoms with E-state index in [0.717, 1.165) is 6.07 Å². The van der Waals surface area contributed by atoms with Crippen LogP contribution in [0.25, 0.3) is 0 Å². The highest BCUT2D eigenvalue weighted by Crippen LogP contribution is 2.32. The monoisotopic (exact) mass is 387 g/mol. The Morgan fingerprint density at radius 2 is 1.84 bits per heavy atom. The Kier molecular flexibility index (Phi) is 4.17. The molecule has 0 atom stereocenters. The summed E-state index contributed by atoms with van der Waals surface area (Å²) in [4.78, 5) is 0. The van der Waals surface area contributed by atoms with E-state index in [0.29, 0.717) is 4.47 Å². The molecular weight excluding hydrogens is 384 g/mol. The zero-order chi connectivity index (χ0) is 14.0. The Hall–Kier alpha value is -1.45. The van der Waals surface area contributed by atoms with Crippen molar-refractivity contribution in [1.82, 2.24) is 0 Å². The molecule has 2 rings (SSSR count). The Bertz CT molecular complexity index is 683. The molecule has 2 aromatic carbocycles. The predicted octanol–water partition coefficient (Wildman–Crippen LogP) is 5.15. The molecule has 0 aliphatic carbocycles. The van der Waals surface area contributed by atoms with Crippen molar-refractivity contribution >= 4 is 31.9 Å². The minimum atomic E-state index is -0.706. The number of nitriles is 1. The van der Waals surface area contributed by atoms with Gasteiger partial charge in [0.25, 0.3) is 0 Å². The Balaban J connectivity index is 2.36. The van der Waals surface area contributed by atoms with E-state index in [1.807, 2.05) is 6.07 Å². The molecule has 2 nitrogen and oxygen atoms in total. The highest BCUT2D eigenvalue weighted by Gasteiger charge is 2.13. The molecule has 0 unspecified atom stereocenters. The first kappa shape index (κ1) is 14.0. The maximum atomic E-state index is 13.9. The molecule has 0 spiro atoms. The normalized spacial score (nSPS) is 10.1. The molecule has 0 heterocycles. The third kappa shape index (κ3) is 2.94. The first-order chi connectivity index (χ1) is 9.02. The van der Waals surface area contributed by atoms with Crippen LogP contribution in [0.1, 0.15) is 5.56 Å². The van der Waals surface area contributed by atoms with Crippen LogP contribution in [-0.4, -0.2) is 0 Å². The van der Waals surface area contributed by atoms with Gasteiger partial charge in [-0.3, -0.25) is 0 Å². The molecule has 0 fully saturated rings. The van der Waals surface area contributed by atoms with Crippen molar-refractivity contribution in [3.05, 3.63) is 56.5 Å². The van der Waals surface area contributed by atoms with Gasteiger partial charge in [-0.15, -0.1) is 0 Å². The van der Waals surface area contributed by atoms with Crippen molar-refractivity contribution < 1.29 is 13.5 Å². The number of nitrogens with zero attached hydrogens (tertiary/aromatic N) is 1. The van der Waals surface area contributed by atoms with Gasteiger partial charge >= 0.3 is 0 Å². The van der Waals surface area contributed by atoms with Crippen molar-refractivity contribution in [2.45, 2.75) is 0 Å². The summed E-state index contributed by atoms with van der Waals surface area (Å²) < 4.78 is 32.8. The fraction of sp³-hybridized carbons (Fsp3) is 0. The van der Waals surface area contributed by atoms with Crippen LogP contribution in [0, 0.1) is 23.0 Å². The largest absolute Gasteiger partial charge is 0.454 e. The van der Waals surface area contributed by atoms with Gasteiger partial charge in [-0.05, 0) is 56.1 Å². The SMILES string of the molecule is N#Cc1ccc(Oc2ccc(Br)c(F)c2)c(F)c1Br. The van der Waals surface area contributed by atoms with Gasteiger partial charge in [0.2, 0.25) is 0 Å². The Morgan fingerprint density at radius 1 is 1.11 bits per heavy atom. The molecule has 0 saturated heterocycles. The molecular formula is C13H5Br2F2NO. The summed E-state index contributed by atoms with van der Waals surface area (Å²) in [5.74, 6) is -1.14. The summed E-state index contributed by atoms with van der Waals surface area (Å²) in [6.07, 6.45) is 0. The van der Waals surface area contributed by atoms with Crippen LogP contribution < -0.4 is 4.74 Å². The lowest BCUT2D eigenvalue weighted by molar-refractivity contribution is 0.436. The minimum absolute atomic E-state index is 0.0186.